The fourth-order valence-electron chi connectivity index (χ4n) is 4.76. The topological polar surface area (TPSA) is 74.7 Å². The molecule has 2 aromatic heterocycles. The number of piperidine rings is 1. The normalized spacial score (nSPS) is 18.0. The third kappa shape index (κ3) is 4.48. The van der Waals surface area contributed by atoms with Gasteiger partial charge < -0.3 is 19.4 Å². The van der Waals surface area contributed by atoms with Crippen LogP contribution in [0, 0.1) is 0 Å². The molecule has 4 heterocycles. The second-order valence-electron chi connectivity index (χ2n) is 8.91. The zero-order valence-corrected chi connectivity index (χ0v) is 19.3. The maximum Gasteiger partial charge on any atom is 0.253 e. The number of piperazine rings is 1. The van der Waals surface area contributed by atoms with Gasteiger partial charge in [0.15, 0.2) is 0 Å². The number of nitrogens with zero attached hydrogens (tertiary/aromatic N) is 6. The van der Waals surface area contributed by atoms with Gasteiger partial charge in [-0.05, 0) is 50.2 Å². The summed E-state index contributed by atoms with van der Waals surface area (Å²) in [4.78, 5) is 33.5. The predicted octanol–water partition coefficient (Wildman–Crippen LogP) is 2.81. The Hall–Kier alpha value is -3.26. The number of fused-ring (bicyclic) bond motifs is 1. The van der Waals surface area contributed by atoms with E-state index in [0.29, 0.717) is 18.7 Å². The van der Waals surface area contributed by atoms with Gasteiger partial charge >= 0.3 is 0 Å². The maximum atomic E-state index is 12.9. The van der Waals surface area contributed by atoms with Crippen LogP contribution in [0.4, 0.5) is 5.69 Å². The van der Waals surface area contributed by atoms with Crippen molar-refractivity contribution in [2.75, 3.05) is 58.3 Å². The number of carbonyl (C=O) groups excluding carboxylic acids is 1. The second-order valence-corrected chi connectivity index (χ2v) is 8.91. The van der Waals surface area contributed by atoms with E-state index in [2.05, 4.69) is 32.9 Å². The second kappa shape index (κ2) is 9.31. The van der Waals surface area contributed by atoms with Gasteiger partial charge in [0.1, 0.15) is 17.6 Å². The summed E-state index contributed by atoms with van der Waals surface area (Å²) in [5.41, 5.74) is 4.60. The number of aromatic nitrogens is 3. The van der Waals surface area contributed by atoms with Gasteiger partial charge in [0.25, 0.3) is 5.91 Å². The number of rotatable bonds is 4. The summed E-state index contributed by atoms with van der Waals surface area (Å²) in [5.74, 6) is 1.10. The number of hydrogen-bond acceptors (Lipinski definition) is 7. The van der Waals surface area contributed by atoms with Crippen molar-refractivity contribution in [3.05, 3.63) is 54.1 Å². The Labute approximate surface area is 194 Å². The van der Waals surface area contributed by atoms with Crippen LogP contribution in [0.25, 0.3) is 11.0 Å². The average Bonchev–Trinajstić information content (AvgIpc) is 2.88. The molecule has 0 unspecified atom stereocenters. The Morgan fingerprint density at radius 3 is 2.39 bits per heavy atom. The maximum absolute atomic E-state index is 12.9. The predicted molar refractivity (Wildman–Crippen MR) is 128 cm³/mol. The molecule has 3 aromatic rings. The van der Waals surface area contributed by atoms with E-state index in [0.717, 1.165) is 67.2 Å². The summed E-state index contributed by atoms with van der Waals surface area (Å²) in [7, 11) is 3.78. The van der Waals surface area contributed by atoms with Crippen molar-refractivity contribution < 1.29 is 9.53 Å². The molecule has 1 amide bonds. The van der Waals surface area contributed by atoms with Crippen LogP contribution in [0.2, 0.25) is 0 Å². The van der Waals surface area contributed by atoms with Crippen LogP contribution in [0.5, 0.6) is 5.75 Å². The molecule has 2 aliphatic heterocycles. The molecule has 8 heteroatoms. The number of benzene rings is 1. The van der Waals surface area contributed by atoms with Gasteiger partial charge in [-0.15, -0.1) is 0 Å². The van der Waals surface area contributed by atoms with Crippen molar-refractivity contribution in [1.29, 1.82) is 0 Å². The zero-order chi connectivity index (χ0) is 22.8. The lowest BCUT2D eigenvalue weighted by molar-refractivity contribution is 0.0712. The number of methoxy groups -OCH3 is 1. The Morgan fingerprint density at radius 2 is 1.70 bits per heavy atom. The lowest BCUT2D eigenvalue weighted by Crippen LogP contribution is -2.44. The summed E-state index contributed by atoms with van der Waals surface area (Å²) in [6.07, 6.45) is 5.36. The Bertz CT molecular complexity index is 1120. The molecular weight excluding hydrogens is 416 g/mol. The van der Waals surface area contributed by atoms with Crippen LogP contribution in [-0.2, 0) is 0 Å². The van der Waals surface area contributed by atoms with Gasteiger partial charge in [0.05, 0.1) is 30.2 Å². The molecule has 0 atom stereocenters. The summed E-state index contributed by atoms with van der Waals surface area (Å²) in [5, 5.41) is 0. The van der Waals surface area contributed by atoms with Crippen LogP contribution in [-0.4, -0.2) is 84.1 Å². The van der Waals surface area contributed by atoms with Crippen molar-refractivity contribution in [3.63, 3.8) is 0 Å². The molecule has 0 aliphatic carbocycles. The smallest absolute Gasteiger partial charge is 0.253 e. The number of carbonyl (C=O) groups is 1. The molecule has 2 aliphatic rings. The highest BCUT2D eigenvalue weighted by molar-refractivity contribution is 5.94. The van der Waals surface area contributed by atoms with Gasteiger partial charge in [-0.2, -0.15) is 0 Å². The number of pyridine rings is 1. The molecule has 8 nitrogen and oxygen atoms in total. The summed E-state index contributed by atoms with van der Waals surface area (Å²) < 4.78 is 5.19. The first-order valence-corrected chi connectivity index (χ1v) is 11.6. The summed E-state index contributed by atoms with van der Waals surface area (Å²) in [6.45, 7) is 5.53. The van der Waals surface area contributed by atoms with Crippen LogP contribution in [0.15, 0.2) is 42.9 Å². The average molecular weight is 447 g/mol. The van der Waals surface area contributed by atoms with E-state index in [-0.39, 0.29) is 11.8 Å². The summed E-state index contributed by atoms with van der Waals surface area (Å²) in [6, 6.07) is 9.45. The standard InChI is InChI=1S/C25H30N6O2/c1-29-11-13-30(14-12-29)20-15-22-24(26-16-20)23(28-17-27-22)18-7-9-31(10-8-18)25(32)19-3-5-21(33-2)6-4-19/h3-6,15-18H,7-14H2,1-2H3. The fourth-order valence-corrected chi connectivity index (χ4v) is 4.76. The van der Waals surface area contributed by atoms with E-state index in [9.17, 15) is 4.79 Å². The minimum absolute atomic E-state index is 0.0681. The van der Waals surface area contributed by atoms with Gasteiger partial charge in [-0.3, -0.25) is 9.78 Å². The first kappa shape index (κ1) is 21.6. The third-order valence-electron chi connectivity index (χ3n) is 6.86. The molecule has 0 bridgehead atoms. The number of amides is 1. The van der Waals surface area contributed by atoms with Crippen molar-refractivity contribution >= 4 is 22.6 Å². The van der Waals surface area contributed by atoms with Crippen LogP contribution < -0.4 is 9.64 Å². The first-order chi connectivity index (χ1) is 16.1. The van der Waals surface area contributed by atoms with Crippen LogP contribution in [0.3, 0.4) is 0 Å². The Morgan fingerprint density at radius 1 is 0.970 bits per heavy atom. The van der Waals surface area contributed by atoms with E-state index in [4.69, 9.17) is 9.72 Å². The molecule has 0 N–H and O–H groups in total. The highest BCUT2D eigenvalue weighted by Gasteiger charge is 2.27. The molecule has 0 radical (unpaired) electrons. The first-order valence-electron chi connectivity index (χ1n) is 11.6. The van der Waals surface area contributed by atoms with Gasteiger partial charge in [0, 0.05) is 50.7 Å². The third-order valence-corrected chi connectivity index (χ3v) is 6.86. The van der Waals surface area contributed by atoms with Crippen LogP contribution in [0.1, 0.15) is 34.8 Å². The van der Waals surface area contributed by atoms with Crippen LogP contribution >= 0.6 is 0 Å². The van der Waals surface area contributed by atoms with E-state index in [1.54, 1.807) is 13.4 Å². The van der Waals surface area contributed by atoms with E-state index in [1.807, 2.05) is 35.4 Å². The van der Waals surface area contributed by atoms with Gasteiger partial charge in [0.2, 0.25) is 0 Å². The van der Waals surface area contributed by atoms with Gasteiger partial charge in [-0.1, -0.05) is 0 Å². The zero-order valence-electron chi connectivity index (χ0n) is 19.3. The Balaban J connectivity index is 1.28. The highest BCUT2D eigenvalue weighted by Crippen LogP contribution is 2.32. The van der Waals surface area contributed by atoms with Gasteiger partial charge in [-0.25, -0.2) is 9.97 Å². The monoisotopic (exact) mass is 446 g/mol. The number of hydrogen-bond donors (Lipinski definition) is 0. The van der Waals surface area contributed by atoms with E-state index >= 15 is 0 Å². The molecule has 2 fully saturated rings. The molecule has 33 heavy (non-hydrogen) atoms. The number of ether oxygens (including phenoxy) is 1. The minimum Gasteiger partial charge on any atom is -0.497 e. The number of likely N-dealkylation sites (N-methyl/N-ethyl adjacent to an activating group) is 1. The fraction of sp³-hybridized carbons (Fsp3) is 0.440. The molecule has 0 spiro atoms. The lowest BCUT2D eigenvalue weighted by atomic mass is 9.92. The molecule has 1 aromatic carbocycles. The summed E-state index contributed by atoms with van der Waals surface area (Å²) >= 11 is 0. The molecule has 2 saturated heterocycles. The highest BCUT2D eigenvalue weighted by atomic mass is 16.5. The van der Waals surface area contributed by atoms with Crippen molar-refractivity contribution in [1.82, 2.24) is 24.8 Å². The van der Waals surface area contributed by atoms with Crippen molar-refractivity contribution in [3.8, 4) is 5.75 Å². The molecule has 0 saturated carbocycles. The Kier molecular flexibility index (Phi) is 6.09. The minimum atomic E-state index is 0.0681. The molecular formula is C25H30N6O2. The number of likely N-dealkylation sites (tertiary alicyclic amines) is 1. The van der Waals surface area contributed by atoms with Crippen molar-refractivity contribution in [2.24, 2.45) is 0 Å². The van der Waals surface area contributed by atoms with E-state index in [1.165, 1.54) is 0 Å². The largest absolute Gasteiger partial charge is 0.497 e. The van der Waals surface area contributed by atoms with Crippen molar-refractivity contribution in [2.45, 2.75) is 18.8 Å². The SMILES string of the molecule is COc1ccc(C(=O)N2CCC(c3ncnc4cc(N5CCN(C)CC5)cnc34)CC2)cc1. The number of anilines is 1. The molecule has 172 valence electrons. The molecule has 5 rings (SSSR count). The lowest BCUT2D eigenvalue weighted by Gasteiger charge is -2.34. The quantitative estimate of drug-likeness (QED) is 0.610. The van der Waals surface area contributed by atoms with E-state index < -0.39 is 0 Å².